The predicted molar refractivity (Wildman–Crippen MR) is 109 cm³/mol. The normalized spacial score (nSPS) is 16.7. The summed E-state index contributed by atoms with van der Waals surface area (Å²) in [7, 11) is 0. The van der Waals surface area contributed by atoms with Gasteiger partial charge in [0.15, 0.2) is 0 Å². The van der Waals surface area contributed by atoms with Gasteiger partial charge in [-0.2, -0.15) is 0 Å². The van der Waals surface area contributed by atoms with Gasteiger partial charge in [-0.25, -0.2) is 0 Å². The zero-order valence-electron chi connectivity index (χ0n) is 15.0. The molecule has 2 N–H and O–H groups in total. The first-order valence-electron chi connectivity index (χ1n) is 8.86. The molecule has 1 amide bonds. The van der Waals surface area contributed by atoms with Crippen molar-refractivity contribution in [2.45, 2.75) is 32.7 Å². The highest BCUT2D eigenvalue weighted by Gasteiger charge is 2.18. The van der Waals surface area contributed by atoms with Gasteiger partial charge in [-0.15, -0.1) is 23.7 Å². The van der Waals surface area contributed by atoms with Crippen LogP contribution in [0.1, 0.15) is 33.6 Å². The van der Waals surface area contributed by atoms with Crippen LogP contribution in [0, 0.1) is 12.8 Å². The van der Waals surface area contributed by atoms with Crippen LogP contribution in [0.2, 0.25) is 0 Å². The fourth-order valence-electron chi connectivity index (χ4n) is 3.29. The third-order valence-corrected chi connectivity index (χ3v) is 5.63. The standard InChI is InChI=1S/C19H25N3O2S.ClH/c1-14-7-10-22(13-15-4-2-8-20-12-15)19(24)17(14)18(23)21-9-6-16-5-3-11-25-16;/h3,5,7,10-11,15,20H,2,4,6,8-9,12-13H2,1H3,(H,21,23);1H. The van der Waals surface area contributed by atoms with Crippen molar-refractivity contribution < 1.29 is 4.79 Å². The highest BCUT2D eigenvalue weighted by molar-refractivity contribution is 7.09. The molecule has 0 bridgehead atoms. The Kier molecular flexibility index (Phi) is 7.87. The Hall–Kier alpha value is -1.63. The van der Waals surface area contributed by atoms with Crippen LogP contribution in [0.15, 0.2) is 34.6 Å². The number of rotatable bonds is 6. The van der Waals surface area contributed by atoms with E-state index in [1.807, 2.05) is 30.6 Å². The second kappa shape index (κ2) is 9.90. The third kappa shape index (κ3) is 5.19. The van der Waals surface area contributed by atoms with Gasteiger partial charge in [0, 0.05) is 24.2 Å². The Morgan fingerprint density at radius 2 is 2.27 bits per heavy atom. The average molecular weight is 396 g/mol. The Bertz CT molecular complexity index is 768. The van der Waals surface area contributed by atoms with Crippen molar-refractivity contribution in [3.63, 3.8) is 0 Å². The lowest BCUT2D eigenvalue weighted by Crippen LogP contribution is -2.38. The summed E-state index contributed by atoms with van der Waals surface area (Å²) in [6.07, 6.45) is 4.86. The van der Waals surface area contributed by atoms with Crippen molar-refractivity contribution in [2.75, 3.05) is 19.6 Å². The van der Waals surface area contributed by atoms with Crippen molar-refractivity contribution in [1.82, 2.24) is 15.2 Å². The quantitative estimate of drug-likeness (QED) is 0.790. The zero-order valence-corrected chi connectivity index (χ0v) is 16.6. The van der Waals surface area contributed by atoms with Crippen LogP contribution >= 0.6 is 23.7 Å². The monoisotopic (exact) mass is 395 g/mol. The fraction of sp³-hybridized carbons (Fsp3) is 0.474. The molecule has 0 radical (unpaired) electrons. The molecule has 7 heteroatoms. The molecule has 3 rings (SSSR count). The van der Waals surface area contributed by atoms with Gasteiger partial charge >= 0.3 is 0 Å². The van der Waals surface area contributed by atoms with Crippen LogP contribution in [0.4, 0.5) is 0 Å². The maximum absolute atomic E-state index is 12.8. The number of hydrogen-bond acceptors (Lipinski definition) is 4. The summed E-state index contributed by atoms with van der Waals surface area (Å²) in [6.45, 7) is 5.02. The molecule has 1 saturated heterocycles. The van der Waals surface area contributed by atoms with Crippen molar-refractivity contribution in [1.29, 1.82) is 0 Å². The van der Waals surface area contributed by atoms with E-state index in [0.717, 1.165) is 37.9 Å². The fourth-order valence-corrected chi connectivity index (χ4v) is 3.99. The van der Waals surface area contributed by atoms with Gasteiger partial charge in [0.25, 0.3) is 11.5 Å². The SMILES string of the molecule is Cc1ccn(CC2CCCNC2)c(=O)c1C(=O)NCCc1cccs1.Cl. The number of nitrogens with zero attached hydrogens (tertiary/aromatic N) is 1. The van der Waals surface area contributed by atoms with E-state index in [4.69, 9.17) is 0 Å². The van der Waals surface area contributed by atoms with E-state index in [-0.39, 0.29) is 29.4 Å². The molecule has 0 saturated carbocycles. The summed E-state index contributed by atoms with van der Waals surface area (Å²) in [5, 5.41) is 8.29. The minimum absolute atomic E-state index is 0. The number of aryl methyl sites for hydroxylation is 1. The molecular formula is C19H26ClN3O2S. The summed E-state index contributed by atoms with van der Waals surface area (Å²) in [5.74, 6) is 0.180. The van der Waals surface area contributed by atoms with Crippen molar-refractivity contribution in [3.8, 4) is 0 Å². The molecule has 142 valence electrons. The smallest absolute Gasteiger partial charge is 0.263 e. The molecule has 1 atom stereocenters. The topological polar surface area (TPSA) is 63.1 Å². The van der Waals surface area contributed by atoms with E-state index >= 15 is 0 Å². The summed E-state index contributed by atoms with van der Waals surface area (Å²) in [4.78, 5) is 26.5. The highest BCUT2D eigenvalue weighted by atomic mass is 35.5. The number of nitrogens with one attached hydrogen (secondary N) is 2. The van der Waals surface area contributed by atoms with Crippen LogP contribution in [-0.4, -0.2) is 30.1 Å². The van der Waals surface area contributed by atoms with E-state index in [9.17, 15) is 9.59 Å². The molecule has 2 aromatic rings. The van der Waals surface area contributed by atoms with Gasteiger partial charge in [0.1, 0.15) is 5.56 Å². The van der Waals surface area contributed by atoms with Gasteiger partial charge in [-0.05, 0) is 68.3 Å². The average Bonchev–Trinajstić information content (AvgIpc) is 3.12. The summed E-state index contributed by atoms with van der Waals surface area (Å²) in [6, 6.07) is 5.92. The summed E-state index contributed by atoms with van der Waals surface area (Å²) < 4.78 is 1.69. The summed E-state index contributed by atoms with van der Waals surface area (Å²) in [5.41, 5.74) is 0.827. The zero-order chi connectivity index (χ0) is 17.6. The lowest BCUT2D eigenvalue weighted by molar-refractivity contribution is 0.0951. The van der Waals surface area contributed by atoms with Crippen LogP contribution in [-0.2, 0) is 13.0 Å². The minimum Gasteiger partial charge on any atom is -0.351 e. The van der Waals surface area contributed by atoms with E-state index in [1.54, 1.807) is 15.9 Å². The molecule has 1 aliphatic heterocycles. The number of carbonyl (C=O) groups is 1. The molecule has 2 aromatic heterocycles. The lowest BCUT2D eigenvalue weighted by atomic mass is 9.99. The molecule has 0 aliphatic carbocycles. The van der Waals surface area contributed by atoms with Crippen LogP contribution in [0.5, 0.6) is 0 Å². The lowest BCUT2D eigenvalue weighted by Gasteiger charge is -2.23. The van der Waals surface area contributed by atoms with Gasteiger partial charge in [0.2, 0.25) is 0 Å². The summed E-state index contributed by atoms with van der Waals surface area (Å²) >= 11 is 1.68. The van der Waals surface area contributed by atoms with Crippen LogP contribution in [0.25, 0.3) is 0 Å². The molecule has 0 aromatic carbocycles. The van der Waals surface area contributed by atoms with Crippen LogP contribution in [0.3, 0.4) is 0 Å². The predicted octanol–water partition coefficient (Wildman–Crippen LogP) is 2.61. The van der Waals surface area contributed by atoms with E-state index in [2.05, 4.69) is 16.7 Å². The van der Waals surface area contributed by atoms with E-state index < -0.39 is 0 Å². The first-order valence-corrected chi connectivity index (χ1v) is 9.74. The number of thiophene rings is 1. The molecule has 5 nitrogen and oxygen atoms in total. The van der Waals surface area contributed by atoms with Gasteiger partial charge < -0.3 is 15.2 Å². The number of piperidine rings is 1. The van der Waals surface area contributed by atoms with E-state index in [0.29, 0.717) is 19.0 Å². The largest absolute Gasteiger partial charge is 0.351 e. The number of carbonyl (C=O) groups excluding carboxylic acids is 1. The Morgan fingerprint density at radius 3 is 2.96 bits per heavy atom. The maximum Gasteiger partial charge on any atom is 0.263 e. The number of pyridine rings is 1. The van der Waals surface area contributed by atoms with Gasteiger partial charge in [-0.1, -0.05) is 6.07 Å². The van der Waals surface area contributed by atoms with E-state index in [1.165, 1.54) is 4.88 Å². The molecule has 0 spiro atoms. The van der Waals surface area contributed by atoms with Crippen LogP contribution < -0.4 is 16.2 Å². The maximum atomic E-state index is 12.8. The second-order valence-corrected chi connectivity index (χ2v) is 7.66. The Labute approximate surface area is 164 Å². The third-order valence-electron chi connectivity index (χ3n) is 4.69. The Morgan fingerprint density at radius 1 is 1.42 bits per heavy atom. The molecular weight excluding hydrogens is 370 g/mol. The first-order chi connectivity index (χ1) is 12.1. The highest BCUT2D eigenvalue weighted by Crippen LogP contribution is 2.12. The van der Waals surface area contributed by atoms with Crippen molar-refractivity contribution in [2.24, 2.45) is 5.92 Å². The Balaban J connectivity index is 0.00000243. The van der Waals surface area contributed by atoms with Gasteiger partial charge in [0.05, 0.1) is 0 Å². The second-order valence-electron chi connectivity index (χ2n) is 6.63. The molecule has 26 heavy (non-hydrogen) atoms. The number of halogens is 1. The number of hydrogen-bond donors (Lipinski definition) is 2. The van der Waals surface area contributed by atoms with Crippen molar-refractivity contribution in [3.05, 3.63) is 56.1 Å². The van der Waals surface area contributed by atoms with Gasteiger partial charge in [-0.3, -0.25) is 9.59 Å². The number of amides is 1. The minimum atomic E-state index is -0.268. The molecule has 1 aliphatic rings. The van der Waals surface area contributed by atoms with Crippen molar-refractivity contribution >= 4 is 29.7 Å². The molecule has 1 fully saturated rings. The number of aromatic nitrogens is 1. The first kappa shape index (κ1) is 20.7. The molecule has 1 unspecified atom stereocenters. The molecule has 3 heterocycles.